The summed E-state index contributed by atoms with van der Waals surface area (Å²) in [6, 6.07) is 6.63. The van der Waals surface area contributed by atoms with Crippen molar-refractivity contribution in [1.82, 2.24) is 0 Å². The van der Waals surface area contributed by atoms with Crippen LogP contribution >= 0.6 is 0 Å². The third-order valence-corrected chi connectivity index (χ3v) is 8.95. The van der Waals surface area contributed by atoms with Crippen molar-refractivity contribution in [3.63, 3.8) is 0 Å². The zero-order valence-electron chi connectivity index (χ0n) is 19.7. The maximum Gasteiger partial charge on any atom is 0.573 e. The van der Waals surface area contributed by atoms with E-state index in [1.54, 1.807) is 0 Å². The molecule has 0 saturated heterocycles. The number of hydrogen-bond acceptors (Lipinski definition) is 1. The van der Waals surface area contributed by atoms with Gasteiger partial charge in [-0.3, -0.25) is 0 Å². The van der Waals surface area contributed by atoms with E-state index in [0.717, 1.165) is 29.6 Å². The molecule has 0 N–H and O–H groups in total. The number of alkyl halides is 3. The molecule has 0 heterocycles. The smallest absolute Gasteiger partial charge is 0.406 e. The predicted octanol–water partition coefficient (Wildman–Crippen LogP) is 9.27. The number of benzene rings is 1. The highest BCUT2D eigenvalue weighted by Crippen LogP contribution is 2.49. The number of ether oxygens (including phenoxy) is 1. The minimum Gasteiger partial charge on any atom is -0.406 e. The highest BCUT2D eigenvalue weighted by atomic mass is 19.4. The lowest BCUT2D eigenvalue weighted by Gasteiger charge is -2.43. The fourth-order valence-corrected chi connectivity index (χ4v) is 7.18. The first kappa shape index (κ1) is 24.0. The van der Waals surface area contributed by atoms with Gasteiger partial charge in [-0.1, -0.05) is 76.8 Å². The summed E-state index contributed by atoms with van der Waals surface area (Å²) in [4.78, 5) is 0. The van der Waals surface area contributed by atoms with Gasteiger partial charge in [0.25, 0.3) is 0 Å². The van der Waals surface area contributed by atoms with Crippen molar-refractivity contribution in [1.29, 1.82) is 0 Å². The molecule has 0 radical (unpaired) electrons. The summed E-state index contributed by atoms with van der Waals surface area (Å²) in [6.07, 6.45) is 14.8. The van der Waals surface area contributed by atoms with Gasteiger partial charge in [-0.25, -0.2) is 0 Å². The number of halogens is 3. The highest BCUT2D eigenvalue weighted by Gasteiger charge is 2.36. The third-order valence-electron chi connectivity index (χ3n) is 8.95. The topological polar surface area (TPSA) is 9.23 Å². The Morgan fingerprint density at radius 3 is 1.94 bits per heavy atom. The summed E-state index contributed by atoms with van der Waals surface area (Å²) in [5.41, 5.74) is 1.18. The molecule has 0 aliphatic heterocycles. The van der Waals surface area contributed by atoms with Crippen molar-refractivity contribution < 1.29 is 17.9 Å². The largest absolute Gasteiger partial charge is 0.573 e. The minimum absolute atomic E-state index is 0.116. The summed E-state index contributed by atoms with van der Waals surface area (Å²) in [5.74, 6) is 4.98. The van der Waals surface area contributed by atoms with Gasteiger partial charge >= 0.3 is 6.36 Å². The van der Waals surface area contributed by atoms with Gasteiger partial charge in [-0.2, -0.15) is 0 Å². The molecule has 3 aliphatic rings. The zero-order valence-corrected chi connectivity index (χ0v) is 19.7. The normalized spacial score (nSPS) is 33.5. The Balaban J connectivity index is 1.20. The zero-order chi connectivity index (χ0) is 22.6. The number of rotatable bonds is 7. The van der Waals surface area contributed by atoms with Crippen LogP contribution in [0.1, 0.15) is 108 Å². The summed E-state index contributed by atoms with van der Waals surface area (Å²) in [7, 11) is 0. The molecule has 4 heteroatoms. The van der Waals surface area contributed by atoms with Gasteiger partial charge in [0.2, 0.25) is 0 Å². The van der Waals surface area contributed by atoms with Crippen LogP contribution < -0.4 is 4.74 Å². The summed E-state index contributed by atoms with van der Waals surface area (Å²) < 4.78 is 41.2. The molecule has 180 valence electrons. The monoisotopic (exact) mass is 450 g/mol. The third kappa shape index (κ3) is 6.67. The Morgan fingerprint density at radius 2 is 1.28 bits per heavy atom. The second-order valence-electron chi connectivity index (χ2n) is 11.1. The molecule has 0 spiro atoms. The lowest BCUT2D eigenvalue weighted by Crippen LogP contribution is -2.30. The second kappa shape index (κ2) is 10.8. The molecule has 3 aliphatic carbocycles. The van der Waals surface area contributed by atoms with E-state index in [2.05, 4.69) is 11.7 Å². The van der Waals surface area contributed by atoms with Crippen LogP contribution in [0.3, 0.4) is 0 Å². The van der Waals surface area contributed by atoms with E-state index in [-0.39, 0.29) is 5.75 Å². The van der Waals surface area contributed by atoms with Crippen LogP contribution in [0.5, 0.6) is 5.75 Å². The number of hydrogen-bond donors (Lipinski definition) is 0. The first-order valence-corrected chi connectivity index (χ1v) is 13.2. The molecular formula is C28H41F3O. The summed E-state index contributed by atoms with van der Waals surface area (Å²) >= 11 is 0. The maximum atomic E-state index is 12.4. The quantitative estimate of drug-likeness (QED) is 0.402. The van der Waals surface area contributed by atoms with Crippen LogP contribution in [-0.4, -0.2) is 6.36 Å². The molecule has 4 rings (SSSR count). The average Bonchev–Trinajstić information content (AvgIpc) is 2.78. The lowest BCUT2D eigenvalue weighted by atomic mass is 9.63. The van der Waals surface area contributed by atoms with Crippen LogP contribution in [0.15, 0.2) is 24.3 Å². The van der Waals surface area contributed by atoms with Crippen LogP contribution in [0.4, 0.5) is 13.2 Å². The van der Waals surface area contributed by atoms with E-state index < -0.39 is 6.36 Å². The molecule has 0 bridgehead atoms. The molecule has 3 fully saturated rings. The molecular weight excluding hydrogens is 409 g/mol. The Kier molecular flexibility index (Phi) is 8.10. The van der Waals surface area contributed by atoms with E-state index in [4.69, 9.17) is 0 Å². The Labute approximate surface area is 192 Å². The van der Waals surface area contributed by atoms with Crippen molar-refractivity contribution in [3.05, 3.63) is 29.8 Å². The Hall–Kier alpha value is -1.19. The first-order valence-electron chi connectivity index (χ1n) is 13.2. The van der Waals surface area contributed by atoms with Crippen molar-refractivity contribution in [2.75, 3.05) is 0 Å². The first-order chi connectivity index (χ1) is 15.4. The maximum absolute atomic E-state index is 12.4. The van der Waals surface area contributed by atoms with E-state index in [1.165, 1.54) is 108 Å². The van der Waals surface area contributed by atoms with Crippen molar-refractivity contribution >= 4 is 0 Å². The summed E-state index contributed by atoms with van der Waals surface area (Å²) in [6.45, 7) is 2.32. The van der Waals surface area contributed by atoms with Crippen LogP contribution in [0.25, 0.3) is 0 Å². The average molecular weight is 451 g/mol. The van der Waals surface area contributed by atoms with Gasteiger partial charge in [-0.05, 0) is 85.3 Å². The lowest BCUT2D eigenvalue weighted by molar-refractivity contribution is -0.274. The van der Waals surface area contributed by atoms with E-state index in [0.29, 0.717) is 5.92 Å². The summed E-state index contributed by atoms with van der Waals surface area (Å²) in [5, 5.41) is 0. The molecule has 3 saturated carbocycles. The van der Waals surface area contributed by atoms with Crippen LogP contribution in [0, 0.1) is 29.6 Å². The SMILES string of the molecule is CCCC1CCC(CCC2CCC3CC(c4ccc(OC(F)(F)F)cc4)CCC3C2)CC1. The number of fused-ring (bicyclic) bond motifs is 1. The Bertz CT molecular complexity index is 690. The van der Waals surface area contributed by atoms with E-state index >= 15 is 0 Å². The van der Waals surface area contributed by atoms with Crippen LogP contribution in [-0.2, 0) is 0 Å². The van der Waals surface area contributed by atoms with Crippen LogP contribution in [0.2, 0.25) is 0 Å². The second-order valence-corrected chi connectivity index (χ2v) is 11.1. The van der Waals surface area contributed by atoms with E-state index in [1.807, 2.05) is 12.1 Å². The van der Waals surface area contributed by atoms with Gasteiger partial charge in [0.15, 0.2) is 0 Å². The van der Waals surface area contributed by atoms with Crippen molar-refractivity contribution in [2.45, 2.75) is 109 Å². The van der Waals surface area contributed by atoms with Gasteiger partial charge in [-0.15, -0.1) is 13.2 Å². The molecule has 1 aromatic carbocycles. The molecule has 1 aromatic rings. The molecule has 32 heavy (non-hydrogen) atoms. The minimum atomic E-state index is -4.62. The van der Waals surface area contributed by atoms with Gasteiger partial charge in [0.05, 0.1) is 0 Å². The molecule has 4 unspecified atom stereocenters. The van der Waals surface area contributed by atoms with Gasteiger partial charge in [0, 0.05) is 0 Å². The van der Waals surface area contributed by atoms with Crippen molar-refractivity contribution in [2.24, 2.45) is 29.6 Å². The highest BCUT2D eigenvalue weighted by molar-refractivity contribution is 5.30. The fraction of sp³-hybridized carbons (Fsp3) is 0.786. The predicted molar refractivity (Wildman–Crippen MR) is 124 cm³/mol. The molecule has 0 amide bonds. The fourth-order valence-electron chi connectivity index (χ4n) is 7.18. The van der Waals surface area contributed by atoms with E-state index in [9.17, 15) is 13.2 Å². The standard InChI is InChI=1S/C28H41F3O/c1-2-3-20-4-6-21(7-5-20)8-9-22-10-11-26-19-25(13-12-24(26)18-22)23-14-16-27(17-15-23)32-28(29,30)31/h14-17,20-22,24-26H,2-13,18-19H2,1H3. The van der Waals surface area contributed by atoms with Gasteiger partial charge < -0.3 is 4.74 Å². The Morgan fingerprint density at radius 1 is 0.719 bits per heavy atom. The molecule has 0 aromatic heterocycles. The van der Waals surface area contributed by atoms with Gasteiger partial charge in [0.1, 0.15) is 5.75 Å². The molecule has 1 nitrogen and oxygen atoms in total. The molecule has 4 atom stereocenters. The van der Waals surface area contributed by atoms with Crippen molar-refractivity contribution in [3.8, 4) is 5.75 Å².